The smallest absolute Gasteiger partial charge is 0.295 e. The van der Waals surface area contributed by atoms with E-state index in [9.17, 15) is 4.79 Å². The van der Waals surface area contributed by atoms with Gasteiger partial charge in [0.15, 0.2) is 5.78 Å². The molecule has 0 aliphatic heterocycles. The van der Waals surface area contributed by atoms with E-state index in [1.165, 1.54) is 6.08 Å². The zero-order valence-corrected chi connectivity index (χ0v) is 9.22. The number of ketones is 1. The van der Waals surface area contributed by atoms with Crippen LogP contribution in [0.15, 0.2) is 12.7 Å². The molecule has 0 aromatic rings. The normalized spacial score (nSPS) is 11.2. The Morgan fingerprint density at radius 2 is 2.00 bits per heavy atom. The molecule has 0 saturated carbocycles. The van der Waals surface area contributed by atoms with E-state index >= 15 is 0 Å². The molecule has 0 heterocycles. The van der Waals surface area contributed by atoms with Gasteiger partial charge in [-0.2, -0.15) is 0 Å². The lowest BCUT2D eigenvalue weighted by Crippen LogP contribution is -2.08. The number of rotatable bonds is 5. The summed E-state index contributed by atoms with van der Waals surface area (Å²) in [6, 6.07) is -1.97. The molecule has 0 spiro atoms. The minimum Gasteiger partial charge on any atom is -0.295 e. The van der Waals surface area contributed by atoms with Gasteiger partial charge in [-0.25, -0.2) is 0 Å². The second-order valence-corrected chi connectivity index (χ2v) is 11.4. The summed E-state index contributed by atoms with van der Waals surface area (Å²) in [7, 11) is 0. The van der Waals surface area contributed by atoms with Gasteiger partial charge < -0.3 is 0 Å². The summed E-state index contributed by atoms with van der Waals surface area (Å²) in [6.07, 6.45) is 2.37. The lowest BCUT2D eigenvalue weighted by molar-refractivity contribution is -0.114. The molecule has 0 aromatic heterocycles. The second-order valence-electron chi connectivity index (χ2n) is 2.14. The minimum atomic E-state index is -2.51. The molecule has 0 aliphatic rings. The number of carbonyl (C=O) groups is 1. The van der Waals surface area contributed by atoms with Gasteiger partial charge in [-0.15, -0.1) is 33.2 Å². The number of halogens is 3. The Balaban J connectivity index is 3.42. The molecule has 0 bridgehead atoms. The first kappa shape index (κ1) is 11.5. The Kier molecular flexibility index (Phi) is 5.43. The van der Waals surface area contributed by atoms with Crippen molar-refractivity contribution in [2.24, 2.45) is 0 Å². The van der Waals surface area contributed by atoms with Gasteiger partial charge in [0.05, 0.1) is 0 Å². The maximum absolute atomic E-state index is 10.7. The molecule has 0 fully saturated rings. The number of allylic oxidation sites excluding steroid dienone is 1. The number of hydrogen-bond donors (Lipinski definition) is 0. The molecule has 0 atom stereocenters. The van der Waals surface area contributed by atoms with Crippen LogP contribution in [0, 0.1) is 0 Å². The zero-order chi connectivity index (χ0) is 8.91. The van der Waals surface area contributed by atoms with E-state index in [1.54, 1.807) is 0 Å². The van der Waals surface area contributed by atoms with Gasteiger partial charge in [0.1, 0.15) is 0 Å². The van der Waals surface area contributed by atoms with Crippen LogP contribution in [0.1, 0.15) is 12.8 Å². The summed E-state index contributed by atoms with van der Waals surface area (Å²) in [6.45, 7) is 3.34. The van der Waals surface area contributed by atoms with Crippen LogP contribution in [0.5, 0.6) is 0 Å². The maximum Gasteiger partial charge on any atom is 0.341 e. The van der Waals surface area contributed by atoms with Gasteiger partial charge in [0.2, 0.25) is 0 Å². The van der Waals surface area contributed by atoms with Crippen molar-refractivity contribution in [2.75, 3.05) is 0 Å². The first-order valence-electron chi connectivity index (χ1n) is 3.18. The van der Waals surface area contributed by atoms with E-state index in [2.05, 4.69) is 6.58 Å². The van der Waals surface area contributed by atoms with Crippen LogP contribution in [-0.2, 0) is 4.79 Å². The molecule has 0 aliphatic carbocycles. The molecule has 0 unspecified atom stereocenters. The number of carbonyl (C=O) groups excluding carboxylic acids is 1. The van der Waals surface area contributed by atoms with Gasteiger partial charge >= 0.3 is 6.00 Å². The number of hydrogen-bond acceptors (Lipinski definition) is 1. The van der Waals surface area contributed by atoms with Crippen LogP contribution >= 0.6 is 33.2 Å². The highest BCUT2D eigenvalue weighted by molar-refractivity contribution is 7.64. The molecule has 0 radical (unpaired) electrons. The highest BCUT2D eigenvalue weighted by atomic mass is 35.8. The summed E-state index contributed by atoms with van der Waals surface area (Å²) >= 11 is 16.8. The molecule has 5 heteroatoms. The van der Waals surface area contributed by atoms with Gasteiger partial charge in [0.25, 0.3) is 0 Å². The SMILES string of the molecule is C=CC(=O)CCC[Si](Cl)(Cl)Cl. The van der Waals surface area contributed by atoms with Crippen LogP contribution in [0.2, 0.25) is 6.04 Å². The van der Waals surface area contributed by atoms with E-state index in [1.807, 2.05) is 0 Å². The van der Waals surface area contributed by atoms with E-state index in [0.717, 1.165) is 0 Å². The van der Waals surface area contributed by atoms with Crippen molar-refractivity contribution in [1.29, 1.82) is 0 Å². The highest BCUT2D eigenvalue weighted by Crippen LogP contribution is 2.26. The summed E-state index contributed by atoms with van der Waals surface area (Å²) in [5.41, 5.74) is 0. The van der Waals surface area contributed by atoms with Crippen molar-refractivity contribution in [1.82, 2.24) is 0 Å². The van der Waals surface area contributed by atoms with Crippen molar-refractivity contribution >= 4 is 45.0 Å². The third-order valence-electron chi connectivity index (χ3n) is 1.11. The Labute approximate surface area is 81.4 Å². The Morgan fingerprint density at radius 1 is 1.45 bits per heavy atom. The van der Waals surface area contributed by atoms with Crippen molar-refractivity contribution in [3.05, 3.63) is 12.7 Å². The summed E-state index contributed by atoms with van der Waals surface area (Å²) < 4.78 is 0. The molecule has 0 aromatic carbocycles. The average molecular weight is 232 g/mol. The molecule has 0 rings (SSSR count). The predicted octanol–water partition coefficient (Wildman–Crippen LogP) is 3.18. The molecule has 1 nitrogen and oxygen atoms in total. The van der Waals surface area contributed by atoms with Crippen molar-refractivity contribution in [2.45, 2.75) is 18.9 Å². The molecule has 0 amide bonds. The van der Waals surface area contributed by atoms with Crippen molar-refractivity contribution < 1.29 is 4.79 Å². The predicted molar refractivity (Wildman–Crippen MR) is 52.6 cm³/mol. The van der Waals surface area contributed by atoms with Crippen molar-refractivity contribution in [3.8, 4) is 0 Å². The van der Waals surface area contributed by atoms with E-state index in [0.29, 0.717) is 18.9 Å². The van der Waals surface area contributed by atoms with Gasteiger partial charge in [-0.05, 0) is 18.5 Å². The fraction of sp³-hybridized carbons (Fsp3) is 0.500. The minimum absolute atomic E-state index is 0.00764. The van der Waals surface area contributed by atoms with Gasteiger partial charge in [0, 0.05) is 6.42 Å². The molecule has 0 saturated heterocycles. The largest absolute Gasteiger partial charge is 0.341 e. The monoisotopic (exact) mass is 230 g/mol. The standard InChI is InChI=1S/C6H9Cl3OSi/c1-2-6(10)4-3-5-11(7,8)9/h2H,1,3-5H2. The fourth-order valence-corrected chi connectivity index (χ4v) is 2.35. The quantitative estimate of drug-likeness (QED) is 0.403. The summed E-state index contributed by atoms with van der Waals surface area (Å²) in [5.74, 6) is 0.00764. The highest BCUT2D eigenvalue weighted by Gasteiger charge is 2.23. The molecule has 11 heavy (non-hydrogen) atoms. The topological polar surface area (TPSA) is 17.1 Å². The van der Waals surface area contributed by atoms with E-state index in [4.69, 9.17) is 33.2 Å². The molecular formula is C6H9Cl3OSi. The van der Waals surface area contributed by atoms with E-state index < -0.39 is 6.00 Å². The average Bonchev–Trinajstić information content (AvgIpc) is 1.85. The first-order valence-corrected chi connectivity index (χ1v) is 8.42. The van der Waals surface area contributed by atoms with Gasteiger partial charge in [-0.3, -0.25) is 4.79 Å². The lowest BCUT2D eigenvalue weighted by atomic mass is 10.2. The fourth-order valence-electron chi connectivity index (χ4n) is 0.565. The van der Waals surface area contributed by atoms with E-state index in [-0.39, 0.29) is 5.78 Å². The third-order valence-corrected chi connectivity index (χ3v) is 3.73. The van der Waals surface area contributed by atoms with Crippen LogP contribution in [-0.4, -0.2) is 11.8 Å². The summed E-state index contributed by atoms with van der Waals surface area (Å²) in [5, 5.41) is 0. The Hall–Kier alpha value is 0.497. The third kappa shape index (κ3) is 8.40. The van der Waals surface area contributed by atoms with Gasteiger partial charge in [-0.1, -0.05) is 6.58 Å². The molecular weight excluding hydrogens is 223 g/mol. The zero-order valence-electron chi connectivity index (χ0n) is 5.95. The lowest BCUT2D eigenvalue weighted by Gasteiger charge is -2.04. The Bertz CT molecular complexity index is 152. The molecule has 0 N–H and O–H groups in total. The molecule has 64 valence electrons. The van der Waals surface area contributed by atoms with Crippen LogP contribution in [0.3, 0.4) is 0 Å². The summed E-state index contributed by atoms with van der Waals surface area (Å²) in [4.78, 5) is 10.7. The Morgan fingerprint density at radius 3 is 2.36 bits per heavy atom. The second kappa shape index (κ2) is 5.20. The maximum atomic E-state index is 10.7. The van der Waals surface area contributed by atoms with Crippen molar-refractivity contribution in [3.63, 3.8) is 0 Å². The van der Waals surface area contributed by atoms with Crippen LogP contribution in [0.25, 0.3) is 0 Å². The van der Waals surface area contributed by atoms with Crippen LogP contribution < -0.4 is 0 Å². The van der Waals surface area contributed by atoms with Crippen LogP contribution in [0.4, 0.5) is 0 Å². The first-order chi connectivity index (χ1) is 4.95.